The third-order valence-corrected chi connectivity index (χ3v) is 3.89. The lowest BCUT2D eigenvalue weighted by Gasteiger charge is -2.36. The first kappa shape index (κ1) is 14.1. The van der Waals surface area contributed by atoms with E-state index in [0.29, 0.717) is 12.6 Å². The molecule has 1 aliphatic heterocycles. The average Bonchev–Trinajstić information content (AvgIpc) is 2.41. The molecule has 19 heavy (non-hydrogen) atoms. The third kappa shape index (κ3) is 4.09. The summed E-state index contributed by atoms with van der Waals surface area (Å²) in [7, 11) is 0. The van der Waals surface area contributed by atoms with Crippen LogP contribution in [0, 0.1) is 17.8 Å². The number of hydrogen-bond donors (Lipinski definition) is 1. The van der Waals surface area contributed by atoms with Gasteiger partial charge in [-0.1, -0.05) is 30.9 Å². The maximum absolute atomic E-state index is 5.42. The second-order valence-electron chi connectivity index (χ2n) is 5.67. The molecule has 0 aromatic heterocycles. The first-order chi connectivity index (χ1) is 9.19. The largest absolute Gasteiger partial charge is 0.320 e. The highest BCUT2D eigenvalue weighted by molar-refractivity contribution is 5.37. The second kappa shape index (κ2) is 6.75. The Kier molecular flexibility index (Phi) is 5.01. The molecule has 2 atom stereocenters. The van der Waals surface area contributed by atoms with Crippen LogP contribution in [-0.4, -0.2) is 24.0 Å². The van der Waals surface area contributed by atoms with Gasteiger partial charge in [-0.25, -0.2) is 0 Å². The van der Waals surface area contributed by atoms with E-state index in [0.717, 1.165) is 18.0 Å². The SMILES string of the molecule is CC1CCC(C)N(Cc2cccc(C#CCN)c2)C1. The molecular weight excluding hydrogens is 232 g/mol. The van der Waals surface area contributed by atoms with E-state index in [1.807, 2.05) is 0 Å². The Labute approximate surface area is 117 Å². The number of piperidine rings is 1. The van der Waals surface area contributed by atoms with Crippen molar-refractivity contribution in [2.45, 2.75) is 39.3 Å². The molecule has 0 saturated carbocycles. The fourth-order valence-electron chi connectivity index (χ4n) is 2.74. The van der Waals surface area contributed by atoms with E-state index in [1.165, 1.54) is 24.9 Å². The van der Waals surface area contributed by atoms with Crippen molar-refractivity contribution in [2.75, 3.05) is 13.1 Å². The van der Waals surface area contributed by atoms with Crippen molar-refractivity contribution >= 4 is 0 Å². The van der Waals surface area contributed by atoms with Crippen molar-refractivity contribution in [3.05, 3.63) is 35.4 Å². The van der Waals surface area contributed by atoms with Gasteiger partial charge >= 0.3 is 0 Å². The topological polar surface area (TPSA) is 29.3 Å². The van der Waals surface area contributed by atoms with Gasteiger partial charge in [0, 0.05) is 24.7 Å². The van der Waals surface area contributed by atoms with Crippen molar-refractivity contribution in [1.82, 2.24) is 4.90 Å². The summed E-state index contributed by atoms with van der Waals surface area (Å²) in [6, 6.07) is 9.21. The van der Waals surface area contributed by atoms with E-state index in [4.69, 9.17) is 5.73 Å². The lowest BCUT2D eigenvalue weighted by molar-refractivity contribution is 0.117. The molecule has 0 spiro atoms. The fraction of sp³-hybridized carbons (Fsp3) is 0.529. The van der Waals surface area contributed by atoms with E-state index >= 15 is 0 Å². The second-order valence-corrected chi connectivity index (χ2v) is 5.67. The van der Waals surface area contributed by atoms with Gasteiger partial charge in [0.15, 0.2) is 0 Å². The van der Waals surface area contributed by atoms with Gasteiger partial charge in [0.2, 0.25) is 0 Å². The van der Waals surface area contributed by atoms with Crippen LogP contribution in [0.3, 0.4) is 0 Å². The average molecular weight is 256 g/mol. The summed E-state index contributed by atoms with van der Waals surface area (Å²) in [5.41, 5.74) is 7.84. The summed E-state index contributed by atoms with van der Waals surface area (Å²) in [6.07, 6.45) is 2.67. The zero-order valence-corrected chi connectivity index (χ0v) is 12.0. The van der Waals surface area contributed by atoms with Gasteiger partial charge in [-0.15, -0.1) is 0 Å². The summed E-state index contributed by atoms with van der Waals surface area (Å²) in [6.45, 7) is 7.35. The molecular formula is C17H24N2. The van der Waals surface area contributed by atoms with Gasteiger partial charge in [-0.05, 0) is 43.4 Å². The van der Waals surface area contributed by atoms with E-state index in [2.05, 4.69) is 54.9 Å². The molecule has 2 rings (SSSR count). The Hall–Kier alpha value is -1.30. The summed E-state index contributed by atoms with van der Waals surface area (Å²) in [5, 5.41) is 0. The Bertz CT molecular complexity index is 470. The minimum atomic E-state index is 0.422. The fourth-order valence-corrected chi connectivity index (χ4v) is 2.74. The number of likely N-dealkylation sites (tertiary alicyclic amines) is 1. The molecule has 2 N–H and O–H groups in total. The third-order valence-electron chi connectivity index (χ3n) is 3.89. The molecule has 1 aromatic carbocycles. The number of nitrogens with zero attached hydrogens (tertiary/aromatic N) is 1. The van der Waals surface area contributed by atoms with Gasteiger partial charge in [0.1, 0.15) is 0 Å². The molecule has 1 aliphatic rings. The molecule has 1 fully saturated rings. The minimum absolute atomic E-state index is 0.422. The molecule has 0 amide bonds. The molecule has 0 aliphatic carbocycles. The van der Waals surface area contributed by atoms with Crippen LogP contribution in [0.2, 0.25) is 0 Å². The minimum Gasteiger partial charge on any atom is -0.320 e. The summed E-state index contributed by atoms with van der Waals surface area (Å²) in [4.78, 5) is 2.59. The highest BCUT2D eigenvalue weighted by Crippen LogP contribution is 2.23. The first-order valence-corrected chi connectivity index (χ1v) is 7.21. The van der Waals surface area contributed by atoms with E-state index in [-0.39, 0.29) is 0 Å². The lowest BCUT2D eigenvalue weighted by Crippen LogP contribution is -2.40. The van der Waals surface area contributed by atoms with Crippen molar-refractivity contribution in [3.63, 3.8) is 0 Å². The first-order valence-electron chi connectivity index (χ1n) is 7.21. The van der Waals surface area contributed by atoms with Crippen LogP contribution in [0.25, 0.3) is 0 Å². The van der Waals surface area contributed by atoms with Crippen LogP contribution in [0.5, 0.6) is 0 Å². The highest BCUT2D eigenvalue weighted by Gasteiger charge is 2.22. The lowest BCUT2D eigenvalue weighted by atomic mass is 9.94. The van der Waals surface area contributed by atoms with Gasteiger partial charge in [-0.2, -0.15) is 0 Å². The molecule has 1 aromatic rings. The summed E-state index contributed by atoms with van der Waals surface area (Å²) in [5.74, 6) is 6.84. The molecule has 2 heteroatoms. The number of benzene rings is 1. The van der Waals surface area contributed by atoms with E-state index in [9.17, 15) is 0 Å². The van der Waals surface area contributed by atoms with Crippen molar-refractivity contribution < 1.29 is 0 Å². The monoisotopic (exact) mass is 256 g/mol. The zero-order chi connectivity index (χ0) is 13.7. The Morgan fingerprint density at radius 2 is 2.16 bits per heavy atom. The van der Waals surface area contributed by atoms with Crippen LogP contribution < -0.4 is 5.73 Å². The van der Waals surface area contributed by atoms with E-state index in [1.54, 1.807) is 0 Å². The predicted molar refractivity (Wildman–Crippen MR) is 80.6 cm³/mol. The molecule has 0 radical (unpaired) electrons. The Balaban J connectivity index is 2.05. The van der Waals surface area contributed by atoms with Gasteiger partial charge in [-0.3, -0.25) is 4.90 Å². The maximum Gasteiger partial charge on any atom is 0.0555 e. The van der Waals surface area contributed by atoms with Crippen molar-refractivity contribution in [3.8, 4) is 11.8 Å². The molecule has 1 heterocycles. The Morgan fingerprint density at radius 3 is 2.95 bits per heavy atom. The highest BCUT2D eigenvalue weighted by atomic mass is 15.2. The van der Waals surface area contributed by atoms with Gasteiger partial charge in [0.05, 0.1) is 6.54 Å². The predicted octanol–water partition coefficient (Wildman–Crippen LogP) is 2.62. The quantitative estimate of drug-likeness (QED) is 0.824. The summed E-state index contributed by atoms with van der Waals surface area (Å²) < 4.78 is 0. The number of hydrogen-bond acceptors (Lipinski definition) is 2. The zero-order valence-electron chi connectivity index (χ0n) is 12.0. The van der Waals surface area contributed by atoms with Gasteiger partial charge in [0.25, 0.3) is 0 Å². The van der Waals surface area contributed by atoms with E-state index < -0.39 is 0 Å². The van der Waals surface area contributed by atoms with Crippen LogP contribution >= 0.6 is 0 Å². The van der Waals surface area contributed by atoms with Crippen LogP contribution in [0.15, 0.2) is 24.3 Å². The molecule has 2 unspecified atom stereocenters. The van der Waals surface area contributed by atoms with Crippen LogP contribution in [0.1, 0.15) is 37.8 Å². The molecule has 102 valence electrons. The van der Waals surface area contributed by atoms with Gasteiger partial charge < -0.3 is 5.73 Å². The van der Waals surface area contributed by atoms with Crippen molar-refractivity contribution in [1.29, 1.82) is 0 Å². The smallest absolute Gasteiger partial charge is 0.0555 e. The Morgan fingerprint density at radius 1 is 1.32 bits per heavy atom. The number of nitrogens with two attached hydrogens (primary N) is 1. The normalized spacial score (nSPS) is 23.7. The van der Waals surface area contributed by atoms with Crippen molar-refractivity contribution in [2.24, 2.45) is 11.7 Å². The van der Waals surface area contributed by atoms with Crippen LogP contribution in [0.4, 0.5) is 0 Å². The standard InChI is InChI=1S/C17H24N2/c1-14-8-9-15(2)19(12-14)13-17-6-3-5-16(11-17)7-4-10-18/h3,5-6,11,14-15H,8-10,12-13,18H2,1-2H3. The summed E-state index contributed by atoms with van der Waals surface area (Å²) >= 11 is 0. The maximum atomic E-state index is 5.42. The molecule has 0 bridgehead atoms. The van der Waals surface area contributed by atoms with Crippen LogP contribution in [-0.2, 0) is 6.54 Å². The molecule has 1 saturated heterocycles. The number of rotatable bonds is 2. The molecule has 2 nitrogen and oxygen atoms in total.